The first-order chi connectivity index (χ1) is 10.1. The third-order valence-corrected chi connectivity index (χ3v) is 4.24. The minimum absolute atomic E-state index is 0.337. The Morgan fingerprint density at radius 1 is 1.14 bits per heavy atom. The molecule has 0 fully saturated rings. The Labute approximate surface area is 127 Å². The van der Waals surface area contributed by atoms with Crippen LogP contribution in [0.5, 0.6) is 0 Å². The lowest BCUT2D eigenvalue weighted by molar-refractivity contribution is 0.683. The highest BCUT2D eigenvalue weighted by atomic mass is 32.2. The van der Waals surface area contributed by atoms with Crippen LogP contribution in [0.2, 0.25) is 0 Å². The van der Waals surface area contributed by atoms with Crippen LogP contribution in [0.15, 0.2) is 64.5 Å². The number of hydrogen-bond donors (Lipinski definition) is 2. The van der Waals surface area contributed by atoms with Gasteiger partial charge < -0.3 is 11.1 Å². The quantitative estimate of drug-likeness (QED) is 0.659. The van der Waals surface area contributed by atoms with Crippen molar-refractivity contribution in [3.8, 4) is 0 Å². The van der Waals surface area contributed by atoms with Crippen LogP contribution in [0.25, 0.3) is 0 Å². The summed E-state index contributed by atoms with van der Waals surface area (Å²) < 4.78 is 12.0. The number of nitrogens with one attached hydrogen (secondary N) is 1. The van der Waals surface area contributed by atoms with Crippen molar-refractivity contribution in [2.75, 3.05) is 17.6 Å². The Hall–Kier alpha value is -2.14. The number of nitrogens with zero attached hydrogens (tertiary/aromatic N) is 1. The predicted molar refractivity (Wildman–Crippen MR) is 89.0 cm³/mol. The first kappa shape index (κ1) is 15.3. The molecule has 5 heteroatoms. The Kier molecular flexibility index (Phi) is 5.51. The molecule has 2 aromatic rings. The Balaban J connectivity index is 1.83. The minimum Gasteiger partial charge on any atom is -0.370 e. The standard InChI is InChI=1S/C16H19N3OS/c1-13-7-9-14(10-8-13)19-16(17)18-11-12-21(20)15-5-3-2-4-6-15/h2-10H,11-12H2,1H3,(H3,17,18,19). The molecule has 0 bridgehead atoms. The summed E-state index contributed by atoms with van der Waals surface area (Å²) in [7, 11) is -1.04. The summed E-state index contributed by atoms with van der Waals surface area (Å²) in [5.41, 5.74) is 7.89. The van der Waals surface area contributed by atoms with Gasteiger partial charge in [-0.05, 0) is 31.2 Å². The number of rotatable bonds is 5. The van der Waals surface area contributed by atoms with Crippen molar-refractivity contribution in [3.63, 3.8) is 0 Å². The number of aryl methyl sites for hydroxylation is 1. The summed E-state index contributed by atoms with van der Waals surface area (Å²) in [6.07, 6.45) is 0. The first-order valence-corrected chi connectivity index (χ1v) is 8.04. The van der Waals surface area contributed by atoms with Gasteiger partial charge in [-0.3, -0.25) is 9.20 Å². The summed E-state index contributed by atoms with van der Waals surface area (Å²) in [6, 6.07) is 17.3. The van der Waals surface area contributed by atoms with Gasteiger partial charge in [-0.25, -0.2) is 0 Å². The molecule has 21 heavy (non-hydrogen) atoms. The SMILES string of the molecule is Cc1ccc(NC(N)=NCCS(=O)c2ccccc2)cc1. The van der Waals surface area contributed by atoms with E-state index < -0.39 is 10.8 Å². The smallest absolute Gasteiger partial charge is 0.193 e. The topological polar surface area (TPSA) is 67.5 Å². The maximum absolute atomic E-state index is 12.0. The second kappa shape index (κ2) is 7.59. The van der Waals surface area contributed by atoms with E-state index in [-0.39, 0.29) is 0 Å². The molecule has 2 aromatic carbocycles. The summed E-state index contributed by atoms with van der Waals surface area (Å²) in [5, 5.41) is 3.01. The van der Waals surface area contributed by atoms with Crippen molar-refractivity contribution in [2.45, 2.75) is 11.8 Å². The van der Waals surface area contributed by atoms with Crippen molar-refractivity contribution in [3.05, 3.63) is 60.2 Å². The molecule has 110 valence electrons. The van der Waals surface area contributed by atoms with E-state index in [0.717, 1.165) is 10.6 Å². The third kappa shape index (κ3) is 5.04. The Bertz CT molecular complexity index is 624. The molecule has 0 saturated carbocycles. The summed E-state index contributed by atoms with van der Waals surface area (Å²) in [6.45, 7) is 2.45. The number of guanidine groups is 1. The molecule has 2 rings (SSSR count). The van der Waals surface area contributed by atoms with Crippen LogP contribution < -0.4 is 11.1 Å². The zero-order chi connectivity index (χ0) is 15.1. The largest absolute Gasteiger partial charge is 0.370 e. The highest BCUT2D eigenvalue weighted by Gasteiger charge is 2.02. The highest BCUT2D eigenvalue weighted by Crippen LogP contribution is 2.08. The van der Waals surface area contributed by atoms with Gasteiger partial charge in [0, 0.05) is 16.3 Å². The monoisotopic (exact) mass is 301 g/mol. The van der Waals surface area contributed by atoms with Gasteiger partial charge in [0.25, 0.3) is 0 Å². The molecule has 0 aliphatic carbocycles. The molecular weight excluding hydrogens is 282 g/mol. The molecule has 1 atom stereocenters. The number of benzene rings is 2. The molecule has 4 nitrogen and oxygen atoms in total. The fourth-order valence-electron chi connectivity index (χ4n) is 1.76. The molecule has 0 amide bonds. The van der Waals surface area contributed by atoms with E-state index in [1.807, 2.05) is 61.5 Å². The van der Waals surface area contributed by atoms with Crippen molar-refractivity contribution in [2.24, 2.45) is 10.7 Å². The number of hydrogen-bond acceptors (Lipinski definition) is 2. The van der Waals surface area contributed by atoms with Gasteiger partial charge >= 0.3 is 0 Å². The highest BCUT2D eigenvalue weighted by molar-refractivity contribution is 7.85. The van der Waals surface area contributed by atoms with Crippen LogP contribution in [-0.2, 0) is 10.8 Å². The lowest BCUT2D eigenvalue weighted by Gasteiger charge is -2.06. The average Bonchev–Trinajstić information content (AvgIpc) is 2.50. The van der Waals surface area contributed by atoms with Gasteiger partial charge in [-0.15, -0.1) is 0 Å². The normalized spacial score (nSPS) is 12.9. The molecule has 0 radical (unpaired) electrons. The van der Waals surface area contributed by atoms with Gasteiger partial charge in [0.05, 0.1) is 17.3 Å². The summed E-state index contributed by atoms with van der Waals surface area (Å²) in [4.78, 5) is 5.01. The zero-order valence-electron chi connectivity index (χ0n) is 12.0. The van der Waals surface area contributed by atoms with Crippen molar-refractivity contribution < 1.29 is 4.21 Å². The summed E-state index contributed by atoms with van der Waals surface area (Å²) >= 11 is 0. The van der Waals surface area contributed by atoms with Gasteiger partial charge in [-0.1, -0.05) is 35.9 Å². The second-order valence-electron chi connectivity index (χ2n) is 4.62. The van der Waals surface area contributed by atoms with Crippen LogP contribution >= 0.6 is 0 Å². The van der Waals surface area contributed by atoms with Crippen molar-refractivity contribution in [1.29, 1.82) is 0 Å². The number of aliphatic imine (C=N–C) groups is 1. The lowest BCUT2D eigenvalue weighted by Crippen LogP contribution is -2.23. The molecule has 0 aliphatic heterocycles. The average molecular weight is 301 g/mol. The maximum atomic E-state index is 12.0. The molecular formula is C16H19N3OS. The molecule has 3 N–H and O–H groups in total. The van der Waals surface area contributed by atoms with E-state index in [1.54, 1.807) is 0 Å². The van der Waals surface area contributed by atoms with Crippen molar-refractivity contribution in [1.82, 2.24) is 0 Å². The fourth-order valence-corrected chi connectivity index (χ4v) is 2.72. The molecule has 0 aromatic heterocycles. The molecule has 0 spiro atoms. The van der Waals surface area contributed by atoms with Crippen LogP contribution in [0.4, 0.5) is 5.69 Å². The Morgan fingerprint density at radius 2 is 1.81 bits per heavy atom. The van der Waals surface area contributed by atoms with Crippen LogP contribution in [-0.4, -0.2) is 22.5 Å². The summed E-state index contributed by atoms with van der Waals surface area (Å²) in [5.74, 6) is 0.796. The predicted octanol–water partition coefficient (Wildman–Crippen LogP) is 2.53. The minimum atomic E-state index is -1.04. The maximum Gasteiger partial charge on any atom is 0.193 e. The lowest BCUT2D eigenvalue weighted by atomic mass is 10.2. The van der Waals surface area contributed by atoms with Gasteiger partial charge in [0.1, 0.15) is 0 Å². The third-order valence-electron chi connectivity index (χ3n) is 2.89. The molecule has 0 saturated heterocycles. The van der Waals surface area contributed by atoms with Gasteiger partial charge in [0.15, 0.2) is 5.96 Å². The molecule has 1 unspecified atom stereocenters. The van der Waals surface area contributed by atoms with E-state index in [2.05, 4.69) is 10.3 Å². The van der Waals surface area contributed by atoms with Gasteiger partial charge in [0.2, 0.25) is 0 Å². The van der Waals surface area contributed by atoms with E-state index in [0.29, 0.717) is 18.3 Å². The molecule has 0 aliphatic rings. The van der Waals surface area contributed by atoms with Crippen LogP contribution in [0, 0.1) is 6.92 Å². The second-order valence-corrected chi connectivity index (χ2v) is 6.19. The first-order valence-electron chi connectivity index (χ1n) is 6.72. The van der Waals surface area contributed by atoms with E-state index in [1.165, 1.54) is 5.56 Å². The van der Waals surface area contributed by atoms with E-state index >= 15 is 0 Å². The fraction of sp³-hybridized carbons (Fsp3) is 0.188. The van der Waals surface area contributed by atoms with E-state index in [4.69, 9.17) is 5.73 Å². The zero-order valence-corrected chi connectivity index (χ0v) is 12.8. The van der Waals surface area contributed by atoms with Gasteiger partial charge in [-0.2, -0.15) is 0 Å². The van der Waals surface area contributed by atoms with Crippen molar-refractivity contribution >= 4 is 22.4 Å². The number of anilines is 1. The molecule has 0 heterocycles. The number of nitrogens with two attached hydrogens (primary N) is 1. The van der Waals surface area contributed by atoms with Crippen LogP contribution in [0.3, 0.4) is 0 Å². The Morgan fingerprint density at radius 3 is 2.48 bits per heavy atom. The van der Waals surface area contributed by atoms with E-state index in [9.17, 15) is 4.21 Å². The van der Waals surface area contributed by atoms with Crippen LogP contribution in [0.1, 0.15) is 5.56 Å².